The van der Waals surface area contributed by atoms with Crippen LogP contribution < -0.4 is 0 Å². The van der Waals surface area contributed by atoms with E-state index in [1.54, 1.807) is 0 Å². The smallest absolute Gasteiger partial charge is 0.238 e. The Morgan fingerprint density at radius 3 is 2.02 bits per heavy atom. The van der Waals surface area contributed by atoms with Gasteiger partial charge in [-0.3, -0.25) is 9.55 Å². The summed E-state index contributed by atoms with van der Waals surface area (Å²) in [6.45, 7) is 4.72. The number of benzene rings is 8. The summed E-state index contributed by atoms with van der Waals surface area (Å²) in [6.07, 6.45) is 1.82. The minimum absolute atomic E-state index is 0.175. The van der Waals surface area contributed by atoms with Gasteiger partial charge in [0.25, 0.3) is 0 Å². The van der Waals surface area contributed by atoms with Gasteiger partial charge in [-0.2, -0.15) is 9.97 Å². The predicted molar refractivity (Wildman–Crippen MR) is 238 cm³/mol. The highest BCUT2D eigenvalue weighted by Gasteiger charge is 2.37. The van der Waals surface area contributed by atoms with Crippen LogP contribution >= 0.6 is 0 Å². The van der Waals surface area contributed by atoms with Crippen LogP contribution in [0.4, 0.5) is 0 Å². The van der Waals surface area contributed by atoms with E-state index in [4.69, 9.17) is 15.0 Å². The first-order valence-electron chi connectivity index (χ1n) is 19.8. The third-order valence-corrected chi connectivity index (χ3v) is 12.3. The molecule has 12 rings (SSSR count). The van der Waals surface area contributed by atoms with Crippen molar-refractivity contribution in [3.8, 4) is 51.0 Å². The predicted octanol–water partition coefficient (Wildman–Crippen LogP) is 13.1. The summed E-state index contributed by atoms with van der Waals surface area (Å²) in [7, 11) is 0. The van der Waals surface area contributed by atoms with Crippen LogP contribution in [0.2, 0.25) is 0 Å². The molecule has 0 aliphatic heterocycles. The number of para-hydroxylation sites is 1. The van der Waals surface area contributed by atoms with Gasteiger partial charge in [0.15, 0.2) is 11.6 Å². The zero-order chi connectivity index (χ0) is 38.5. The molecule has 0 fully saturated rings. The van der Waals surface area contributed by atoms with Gasteiger partial charge in [0.1, 0.15) is 0 Å². The van der Waals surface area contributed by atoms with Gasteiger partial charge in [-0.25, -0.2) is 4.98 Å². The largest absolute Gasteiger partial charge is 0.277 e. The Labute approximate surface area is 335 Å². The average Bonchev–Trinajstić information content (AvgIpc) is 3.72. The normalized spacial score (nSPS) is 13.1. The molecule has 0 saturated carbocycles. The molecule has 272 valence electrons. The summed E-state index contributed by atoms with van der Waals surface area (Å²) in [5.41, 5.74) is 12.2. The molecule has 5 heteroatoms. The van der Waals surface area contributed by atoms with Crippen molar-refractivity contribution in [1.29, 1.82) is 0 Å². The minimum Gasteiger partial charge on any atom is -0.277 e. The van der Waals surface area contributed by atoms with Crippen molar-refractivity contribution < 1.29 is 0 Å². The van der Waals surface area contributed by atoms with Crippen molar-refractivity contribution in [3.05, 3.63) is 187 Å². The molecule has 0 radical (unpaired) electrons. The first-order chi connectivity index (χ1) is 28.5. The fourth-order valence-electron chi connectivity index (χ4n) is 9.38. The van der Waals surface area contributed by atoms with Gasteiger partial charge in [0.05, 0.1) is 16.6 Å². The van der Waals surface area contributed by atoms with Crippen molar-refractivity contribution in [2.24, 2.45) is 0 Å². The summed E-state index contributed by atoms with van der Waals surface area (Å²) in [5, 5.41) is 8.27. The molecule has 0 spiro atoms. The van der Waals surface area contributed by atoms with Gasteiger partial charge in [0.2, 0.25) is 5.95 Å². The van der Waals surface area contributed by atoms with Crippen LogP contribution in [0.25, 0.3) is 105 Å². The zero-order valence-corrected chi connectivity index (χ0v) is 32.0. The zero-order valence-electron chi connectivity index (χ0n) is 32.0. The van der Waals surface area contributed by atoms with E-state index in [9.17, 15) is 0 Å². The summed E-state index contributed by atoms with van der Waals surface area (Å²) in [4.78, 5) is 20.4. The summed E-state index contributed by atoms with van der Waals surface area (Å²) < 4.78 is 2.27. The van der Waals surface area contributed by atoms with Gasteiger partial charge in [-0.15, -0.1) is 0 Å². The topological polar surface area (TPSA) is 56.5 Å². The van der Waals surface area contributed by atoms with E-state index in [0.717, 1.165) is 60.3 Å². The van der Waals surface area contributed by atoms with Crippen LogP contribution in [-0.2, 0) is 5.41 Å². The number of nitrogens with zero attached hydrogens (tertiary/aromatic N) is 5. The standard InChI is InChI=1S/C53H35N5/c1-53(2)44-26-24-32-12-8-9-18-39(32)48(44)42-25-23-37(29-45(42)53)40-19-10-20-41-43-28-35-15-6-7-16-36(35)31-47(43)58(49(40)41)52-56-50(34-13-4-3-5-14-34)55-51(57-52)38-22-21-33-17-11-27-54-46(33)30-38/h3-31H,1-2H3. The molecule has 1 aliphatic carbocycles. The molecule has 8 aromatic carbocycles. The van der Waals surface area contributed by atoms with E-state index in [1.165, 1.54) is 38.4 Å². The van der Waals surface area contributed by atoms with Crippen LogP contribution in [0.3, 0.4) is 0 Å². The molecule has 0 unspecified atom stereocenters. The van der Waals surface area contributed by atoms with Gasteiger partial charge < -0.3 is 0 Å². The molecule has 1 aliphatic rings. The second-order valence-corrected chi connectivity index (χ2v) is 15.9. The monoisotopic (exact) mass is 741 g/mol. The third-order valence-electron chi connectivity index (χ3n) is 12.3. The SMILES string of the molecule is CC1(C)c2cc(-c3cccc4c5cc6ccccc6cc5n(-c5nc(-c6ccccc6)nc(-c6ccc7cccnc7c6)n5)c34)ccc2-c2c1ccc1ccccc21. The Balaban J connectivity index is 1.15. The van der Waals surface area contributed by atoms with Crippen LogP contribution in [0.1, 0.15) is 25.0 Å². The molecule has 0 N–H and O–H groups in total. The van der Waals surface area contributed by atoms with Crippen LogP contribution in [-0.4, -0.2) is 24.5 Å². The number of rotatable bonds is 4. The number of hydrogen-bond acceptors (Lipinski definition) is 4. The lowest BCUT2D eigenvalue weighted by molar-refractivity contribution is 0.661. The molecule has 3 heterocycles. The van der Waals surface area contributed by atoms with Gasteiger partial charge in [-0.1, -0.05) is 153 Å². The average molecular weight is 742 g/mol. The Bertz CT molecular complexity index is 3490. The maximum Gasteiger partial charge on any atom is 0.238 e. The lowest BCUT2D eigenvalue weighted by Crippen LogP contribution is -2.15. The number of hydrogen-bond donors (Lipinski definition) is 0. The second-order valence-electron chi connectivity index (χ2n) is 15.9. The Morgan fingerprint density at radius 1 is 0.448 bits per heavy atom. The first-order valence-corrected chi connectivity index (χ1v) is 19.8. The van der Waals surface area contributed by atoms with Crippen LogP contribution in [0.15, 0.2) is 176 Å². The quantitative estimate of drug-likeness (QED) is 0.180. The lowest BCUT2D eigenvalue weighted by Gasteiger charge is -2.22. The van der Waals surface area contributed by atoms with E-state index in [0.29, 0.717) is 17.6 Å². The molecule has 11 aromatic rings. The fraction of sp³-hybridized carbons (Fsp3) is 0.0566. The molecular weight excluding hydrogens is 707 g/mol. The second kappa shape index (κ2) is 12.2. The Hall–Kier alpha value is -7.50. The third kappa shape index (κ3) is 4.83. The van der Waals surface area contributed by atoms with E-state index >= 15 is 0 Å². The van der Waals surface area contributed by atoms with Crippen molar-refractivity contribution >= 4 is 54.3 Å². The van der Waals surface area contributed by atoms with Crippen molar-refractivity contribution in [1.82, 2.24) is 24.5 Å². The van der Waals surface area contributed by atoms with Gasteiger partial charge in [-0.05, 0) is 79.7 Å². The van der Waals surface area contributed by atoms with E-state index in [2.05, 4.69) is 169 Å². The number of aromatic nitrogens is 5. The molecule has 5 nitrogen and oxygen atoms in total. The van der Waals surface area contributed by atoms with Crippen LogP contribution in [0.5, 0.6) is 0 Å². The highest BCUT2D eigenvalue weighted by atomic mass is 15.2. The maximum atomic E-state index is 5.34. The van der Waals surface area contributed by atoms with Crippen LogP contribution in [0, 0.1) is 0 Å². The van der Waals surface area contributed by atoms with Crippen molar-refractivity contribution in [2.75, 3.05) is 0 Å². The Kier molecular flexibility index (Phi) is 6.91. The minimum atomic E-state index is -0.175. The molecule has 0 amide bonds. The molecule has 0 saturated heterocycles. The Morgan fingerprint density at radius 2 is 1.16 bits per heavy atom. The molecule has 58 heavy (non-hydrogen) atoms. The summed E-state index contributed by atoms with van der Waals surface area (Å²) in [6, 6.07) is 60.7. The molecule has 0 bridgehead atoms. The fourth-order valence-corrected chi connectivity index (χ4v) is 9.38. The van der Waals surface area contributed by atoms with Gasteiger partial charge >= 0.3 is 0 Å². The van der Waals surface area contributed by atoms with Crippen molar-refractivity contribution in [3.63, 3.8) is 0 Å². The van der Waals surface area contributed by atoms with Gasteiger partial charge in [0, 0.05) is 44.5 Å². The lowest BCUT2D eigenvalue weighted by atomic mass is 9.81. The highest BCUT2D eigenvalue weighted by molar-refractivity contribution is 6.17. The summed E-state index contributed by atoms with van der Waals surface area (Å²) in [5.74, 6) is 1.77. The van der Waals surface area contributed by atoms with Crippen molar-refractivity contribution in [2.45, 2.75) is 19.3 Å². The van der Waals surface area contributed by atoms with E-state index in [1.807, 2.05) is 30.5 Å². The number of pyridine rings is 1. The van der Waals surface area contributed by atoms with E-state index < -0.39 is 0 Å². The van der Waals surface area contributed by atoms with E-state index in [-0.39, 0.29) is 5.41 Å². The molecule has 0 atom stereocenters. The first kappa shape index (κ1) is 32.7. The highest BCUT2D eigenvalue weighted by Crippen LogP contribution is 2.52. The summed E-state index contributed by atoms with van der Waals surface area (Å²) >= 11 is 0. The number of fused-ring (bicyclic) bond motifs is 10. The molecular formula is C53H35N5. The maximum absolute atomic E-state index is 5.34. The molecule has 3 aromatic heterocycles.